The third kappa shape index (κ3) is 2.87. The van der Waals surface area contributed by atoms with E-state index in [4.69, 9.17) is 10.9 Å². The van der Waals surface area contributed by atoms with Gasteiger partial charge in [0, 0.05) is 13.1 Å². The van der Waals surface area contributed by atoms with Crippen molar-refractivity contribution < 1.29 is 10.0 Å². The second-order valence-electron chi connectivity index (χ2n) is 4.42. The maximum absolute atomic E-state index is 11.9. The Labute approximate surface area is 96.3 Å². The number of amidine groups is 1. The molecule has 1 aliphatic rings. The molecule has 5 nitrogen and oxygen atoms in total. The van der Waals surface area contributed by atoms with Crippen LogP contribution in [0.15, 0.2) is 5.16 Å². The normalized spacial score (nSPS) is 20.9. The van der Waals surface area contributed by atoms with Crippen molar-refractivity contribution in [3.63, 3.8) is 0 Å². The summed E-state index contributed by atoms with van der Waals surface area (Å²) in [5, 5.41) is 11.4. The fourth-order valence-corrected chi connectivity index (χ4v) is 2.05. The van der Waals surface area contributed by atoms with E-state index in [0.717, 1.165) is 31.8 Å². The number of hydrogen-bond acceptors (Lipinski definition) is 3. The summed E-state index contributed by atoms with van der Waals surface area (Å²) in [4.78, 5) is 13.8. The summed E-state index contributed by atoms with van der Waals surface area (Å²) in [6, 6.07) is 0. The van der Waals surface area contributed by atoms with Gasteiger partial charge in [-0.3, -0.25) is 4.79 Å². The zero-order chi connectivity index (χ0) is 12.1. The van der Waals surface area contributed by atoms with E-state index in [0.29, 0.717) is 0 Å². The van der Waals surface area contributed by atoms with Gasteiger partial charge in [0.25, 0.3) is 0 Å². The average Bonchev–Trinajstić information content (AvgIpc) is 2.36. The Morgan fingerprint density at radius 3 is 2.56 bits per heavy atom. The molecule has 0 radical (unpaired) electrons. The molecular formula is C11H21N3O2. The van der Waals surface area contributed by atoms with Crippen LogP contribution < -0.4 is 5.73 Å². The summed E-state index contributed by atoms with van der Waals surface area (Å²) >= 11 is 0. The number of amides is 1. The van der Waals surface area contributed by atoms with Gasteiger partial charge in [0.15, 0.2) is 5.84 Å². The third-order valence-corrected chi connectivity index (χ3v) is 3.43. The highest BCUT2D eigenvalue weighted by Crippen LogP contribution is 2.21. The standard InChI is InChI=1S/C11H21N3O2/c1-3-9-4-6-14(7-5-9)11(15)8(2)10(12)13-16/h8-9,16H,3-7H2,1-2H3,(H2,12,13). The number of nitrogens with two attached hydrogens (primary N) is 1. The molecule has 1 rings (SSSR count). The molecule has 1 unspecified atom stereocenters. The number of piperidine rings is 1. The largest absolute Gasteiger partial charge is 0.409 e. The highest BCUT2D eigenvalue weighted by molar-refractivity contribution is 6.01. The first-order valence-corrected chi connectivity index (χ1v) is 5.86. The first kappa shape index (κ1) is 12.8. The molecule has 92 valence electrons. The maximum Gasteiger partial charge on any atom is 0.233 e. The molecule has 0 spiro atoms. The van der Waals surface area contributed by atoms with Crippen LogP contribution >= 0.6 is 0 Å². The summed E-state index contributed by atoms with van der Waals surface area (Å²) in [5.41, 5.74) is 5.43. The fourth-order valence-electron chi connectivity index (χ4n) is 2.05. The van der Waals surface area contributed by atoms with E-state index in [-0.39, 0.29) is 11.7 Å². The van der Waals surface area contributed by atoms with E-state index in [1.165, 1.54) is 6.42 Å². The smallest absolute Gasteiger partial charge is 0.233 e. The Morgan fingerprint density at radius 2 is 2.12 bits per heavy atom. The lowest BCUT2D eigenvalue weighted by Crippen LogP contribution is -2.44. The van der Waals surface area contributed by atoms with E-state index >= 15 is 0 Å². The number of carbonyl (C=O) groups excluding carboxylic acids is 1. The lowest BCUT2D eigenvalue weighted by atomic mass is 9.93. The summed E-state index contributed by atoms with van der Waals surface area (Å²) in [6.45, 7) is 5.44. The van der Waals surface area contributed by atoms with Gasteiger partial charge in [0.05, 0.1) is 5.92 Å². The molecule has 0 aromatic rings. The summed E-state index contributed by atoms with van der Waals surface area (Å²) in [7, 11) is 0. The Bertz CT molecular complexity index is 270. The van der Waals surface area contributed by atoms with Gasteiger partial charge in [0.1, 0.15) is 0 Å². The topological polar surface area (TPSA) is 78.9 Å². The minimum Gasteiger partial charge on any atom is -0.409 e. The molecule has 0 aliphatic carbocycles. The van der Waals surface area contributed by atoms with Crippen molar-refractivity contribution in [1.29, 1.82) is 0 Å². The van der Waals surface area contributed by atoms with E-state index < -0.39 is 5.92 Å². The van der Waals surface area contributed by atoms with E-state index in [9.17, 15) is 4.79 Å². The maximum atomic E-state index is 11.9. The monoisotopic (exact) mass is 227 g/mol. The summed E-state index contributed by atoms with van der Waals surface area (Å²) < 4.78 is 0. The van der Waals surface area contributed by atoms with Crippen LogP contribution in [-0.2, 0) is 4.79 Å². The highest BCUT2D eigenvalue weighted by Gasteiger charge is 2.27. The van der Waals surface area contributed by atoms with Crippen LogP contribution in [0.4, 0.5) is 0 Å². The number of oxime groups is 1. The van der Waals surface area contributed by atoms with E-state index in [1.54, 1.807) is 6.92 Å². The lowest BCUT2D eigenvalue weighted by molar-refractivity contribution is -0.134. The van der Waals surface area contributed by atoms with Gasteiger partial charge in [-0.2, -0.15) is 0 Å². The van der Waals surface area contributed by atoms with E-state index in [2.05, 4.69) is 12.1 Å². The second kappa shape index (κ2) is 5.72. The molecule has 0 aromatic carbocycles. The fraction of sp³-hybridized carbons (Fsp3) is 0.818. The van der Waals surface area contributed by atoms with Crippen LogP contribution in [0.2, 0.25) is 0 Å². The Kier molecular flexibility index (Phi) is 4.58. The average molecular weight is 227 g/mol. The number of nitrogens with zero attached hydrogens (tertiary/aromatic N) is 2. The van der Waals surface area contributed by atoms with Gasteiger partial charge >= 0.3 is 0 Å². The first-order chi connectivity index (χ1) is 7.60. The zero-order valence-corrected chi connectivity index (χ0v) is 10.0. The van der Waals surface area contributed by atoms with Crippen LogP contribution in [0.25, 0.3) is 0 Å². The molecule has 0 bridgehead atoms. The SMILES string of the molecule is CCC1CCN(C(=O)C(C)C(N)=NO)CC1. The van der Waals surface area contributed by atoms with Crippen LogP contribution in [0.1, 0.15) is 33.1 Å². The van der Waals surface area contributed by atoms with Crippen molar-refractivity contribution in [2.24, 2.45) is 22.7 Å². The number of carbonyl (C=O) groups is 1. The molecule has 1 fully saturated rings. The van der Waals surface area contributed by atoms with E-state index in [1.807, 2.05) is 4.90 Å². The molecule has 16 heavy (non-hydrogen) atoms. The quantitative estimate of drug-likeness (QED) is 0.327. The van der Waals surface area contributed by atoms with Crippen LogP contribution in [0.3, 0.4) is 0 Å². The van der Waals surface area contributed by atoms with Gasteiger partial charge in [-0.25, -0.2) is 0 Å². The molecule has 1 atom stereocenters. The molecule has 0 saturated carbocycles. The minimum atomic E-state index is -0.525. The summed E-state index contributed by atoms with van der Waals surface area (Å²) in [6.07, 6.45) is 3.30. The van der Waals surface area contributed by atoms with Crippen molar-refractivity contribution in [2.75, 3.05) is 13.1 Å². The van der Waals surface area contributed by atoms with Gasteiger partial charge in [-0.15, -0.1) is 0 Å². The van der Waals surface area contributed by atoms with Gasteiger partial charge in [-0.1, -0.05) is 18.5 Å². The van der Waals surface area contributed by atoms with Crippen LogP contribution in [0.5, 0.6) is 0 Å². The molecule has 1 heterocycles. The van der Waals surface area contributed by atoms with Crippen molar-refractivity contribution in [3.05, 3.63) is 0 Å². The molecule has 3 N–H and O–H groups in total. The second-order valence-corrected chi connectivity index (χ2v) is 4.42. The van der Waals surface area contributed by atoms with Gasteiger partial charge < -0.3 is 15.8 Å². The number of hydrogen-bond donors (Lipinski definition) is 2. The third-order valence-electron chi connectivity index (χ3n) is 3.43. The first-order valence-electron chi connectivity index (χ1n) is 5.86. The van der Waals surface area contributed by atoms with Crippen LogP contribution in [0, 0.1) is 11.8 Å². The van der Waals surface area contributed by atoms with Crippen molar-refractivity contribution in [1.82, 2.24) is 4.90 Å². The summed E-state index contributed by atoms with van der Waals surface area (Å²) in [5.74, 6) is 0.166. The van der Waals surface area contributed by atoms with Gasteiger partial charge in [-0.05, 0) is 25.7 Å². The highest BCUT2D eigenvalue weighted by atomic mass is 16.4. The molecule has 1 aliphatic heterocycles. The number of rotatable bonds is 3. The molecule has 5 heteroatoms. The molecule has 1 amide bonds. The molecular weight excluding hydrogens is 206 g/mol. The predicted octanol–water partition coefficient (Wildman–Crippen LogP) is 1.02. The Balaban J connectivity index is 2.50. The van der Waals surface area contributed by atoms with Crippen molar-refractivity contribution >= 4 is 11.7 Å². The van der Waals surface area contributed by atoms with Crippen molar-refractivity contribution in [2.45, 2.75) is 33.1 Å². The van der Waals surface area contributed by atoms with Crippen molar-refractivity contribution in [3.8, 4) is 0 Å². The minimum absolute atomic E-state index is 0.0115. The van der Waals surface area contributed by atoms with Gasteiger partial charge in [0.2, 0.25) is 5.91 Å². The zero-order valence-electron chi connectivity index (χ0n) is 10.0. The predicted molar refractivity (Wildman–Crippen MR) is 62.2 cm³/mol. The Hall–Kier alpha value is -1.26. The molecule has 0 aromatic heterocycles. The number of likely N-dealkylation sites (tertiary alicyclic amines) is 1. The molecule has 1 saturated heterocycles. The Morgan fingerprint density at radius 1 is 1.56 bits per heavy atom. The lowest BCUT2D eigenvalue weighted by Gasteiger charge is -2.33. The van der Waals surface area contributed by atoms with Crippen LogP contribution in [-0.4, -0.2) is 34.9 Å².